The van der Waals surface area contributed by atoms with E-state index in [0.29, 0.717) is 6.42 Å². The van der Waals surface area contributed by atoms with Crippen LogP contribution in [0.4, 0.5) is 13.2 Å². The summed E-state index contributed by atoms with van der Waals surface area (Å²) in [5.74, 6) is -2.32. The van der Waals surface area contributed by atoms with Crippen molar-refractivity contribution < 1.29 is 26.9 Å². The molecule has 0 amide bonds. The van der Waals surface area contributed by atoms with Crippen LogP contribution < -0.4 is 4.72 Å². The Hall–Kier alpha value is -0.630. The van der Waals surface area contributed by atoms with Gasteiger partial charge in [-0.25, -0.2) is 8.93 Å². The van der Waals surface area contributed by atoms with Crippen molar-refractivity contribution in [3.63, 3.8) is 0 Å². The lowest BCUT2D eigenvalue weighted by Crippen LogP contribution is -2.53. The fourth-order valence-electron chi connectivity index (χ4n) is 2.74. The van der Waals surface area contributed by atoms with Gasteiger partial charge in [0.25, 0.3) is 0 Å². The molecule has 0 aromatic rings. The molecule has 0 aromatic carbocycles. The number of carbonyl (C=O) groups excluding carboxylic acids is 1. The average molecular weight is 416 g/mol. The first kappa shape index (κ1) is 26.4. The summed E-state index contributed by atoms with van der Waals surface area (Å²) in [6.07, 6.45) is 3.31. The number of carbonyl (C=O) groups is 1. The van der Waals surface area contributed by atoms with E-state index in [1.54, 1.807) is 20.8 Å². The third kappa shape index (κ3) is 11.1. The highest BCUT2D eigenvalue weighted by Gasteiger charge is 2.49. The topological polar surface area (TPSA) is 55.4 Å². The fourth-order valence-corrected chi connectivity index (χ4v) is 3.62. The molecule has 0 rings (SSSR count). The molecular formula is C19H36F3NO3S. The minimum absolute atomic E-state index is 0.0557. The number of nitrogens with one attached hydrogen (secondary N) is 1. The van der Waals surface area contributed by atoms with E-state index in [0.717, 1.165) is 32.8 Å². The van der Waals surface area contributed by atoms with Crippen molar-refractivity contribution >= 4 is 17.0 Å². The molecule has 0 saturated carbocycles. The van der Waals surface area contributed by atoms with Crippen molar-refractivity contribution in [2.45, 2.75) is 102 Å². The summed E-state index contributed by atoms with van der Waals surface area (Å²) in [6, 6.07) is -2.19. The Kier molecular flexibility index (Phi) is 12.5. The number of esters is 1. The maximum atomic E-state index is 13.6. The van der Waals surface area contributed by atoms with E-state index in [2.05, 4.69) is 16.4 Å². The van der Waals surface area contributed by atoms with Gasteiger partial charge in [-0.1, -0.05) is 58.3 Å². The van der Waals surface area contributed by atoms with Crippen LogP contribution >= 0.6 is 0 Å². The molecule has 8 heteroatoms. The number of rotatable bonds is 13. The van der Waals surface area contributed by atoms with E-state index in [1.807, 2.05) is 0 Å². The van der Waals surface area contributed by atoms with Gasteiger partial charge in [-0.3, -0.25) is 4.79 Å². The first-order chi connectivity index (χ1) is 12.4. The van der Waals surface area contributed by atoms with Crippen LogP contribution in [0.1, 0.15) is 85.5 Å². The standard InChI is InChI=1S/C19H36F3NO3S/c1-6-7-8-9-10-11-12-13-14-15(17(24)26-5)16(19(20,21)22)23-27(25)18(2,3)4/h15-16,23H,6-14H2,1-5H3/t15-,16-,27-/m1/s1. The Balaban J connectivity index is 4.84. The van der Waals surface area contributed by atoms with E-state index in [-0.39, 0.29) is 6.42 Å². The molecule has 0 spiro atoms. The summed E-state index contributed by atoms with van der Waals surface area (Å²) in [5.41, 5.74) is 0. The lowest BCUT2D eigenvalue weighted by molar-refractivity contribution is -0.178. The molecule has 0 aliphatic rings. The normalized spacial score (nSPS) is 16.0. The zero-order valence-corrected chi connectivity index (χ0v) is 18.1. The minimum atomic E-state index is -4.69. The van der Waals surface area contributed by atoms with Crippen LogP contribution in [-0.4, -0.2) is 34.3 Å². The van der Waals surface area contributed by atoms with E-state index in [9.17, 15) is 22.2 Å². The molecule has 0 heterocycles. The zero-order valence-electron chi connectivity index (χ0n) is 17.3. The highest BCUT2D eigenvalue weighted by molar-refractivity contribution is 7.84. The second-order valence-electron chi connectivity index (χ2n) is 7.91. The maximum absolute atomic E-state index is 13.6. The SMILES string of the molecule is CCCCCCCCCC[C@@H](C(=O)OC)[C@@H](N[S@](=O)C(C)(C)C)C(F)(F)F. The molecular weight excluding hydrogens is 379 g/mol. The summed E-state index contributed by atoms with van der Waals surface area (Å²) < 4.78 is 58.7. The Labute approximate surface area is 164 Å². The summed E-state index contributed by atoms with van der Waals surface area (Å²) in [4.78, 5) is 12.0. The largest absolute Gasteiger partial charge is 0.469 e. The molecule has 0 aliphatic carbocycles. The first-order valence-corrected chi connectivity index (χ1v) is 10.9. The van der Waals surface area contributed by atoms with Gasteiger partial charge in [0, 0.05) is 0 Å². The van der Waals surface area contributed by atoms with Crippen LogP contribution in [0.15, 0.2) is 0 Å². The van der Waals surface area contributed by atoms with E-state index in [4.69, 9.17) is 0 Å². The van der Waals surface area contributed by atoms with Crippen molar-refractivity contribution in [3.8, 4) is 0 Å². The Morgan fingerprint density at radius 2 is 1.48 bits per heavy atom. The zero-order chi connectivity index (χ0) is 21.1. The van der Waals surface area contributed by atoms with Crippen LogP contribution in [0.5, 0.6) is 0 Å². The van der Waals surface area contributed by atoms with Gasteiger partial charge >= 0.3 is 12.1 Å². The quantitative estimate of drug-likeness (QED) is 0.328. The number of methoxy groups -OCH3 is 1. The van der Waals surface area contributed by atoms with Gasteiger partial charge in [0.1, 0.15) is 6.04 Å². The molecule has 0 bridgehead atoms. The van der Waals surface area contributed by atoms with Crippen LogP contribution in [0.2, 0.25) is 0 Å². The lowest BCUT2D eigenvalue weighted by Gasteiger charge is -2.30. The number of hydrogen-bond acceptors (Lipinski definition) is 3. The summed E-state index contributed by atoms with van der Waals surface area (Å²) in [5, 5.41) is 0. The van der Waals surface area contributed by atoms with Gasteiger partial charge in [-0.2, -0.15) is 13.2 Å². The second-order valence-corrected chi connectivity index (χ2v) is 9.91. The van der Waals surface area contributed by atoms with E-state index >= 15 is 0 Å². The monoisotopic (exact) mass is 415 g/mol. The van der Waals surface area contributed by atoms with Crippen molar-refractivity contribution in [2.24, 2.45) is 5.92 Å². The molecule has 0 aromatic heterocycles. The number of ether oxygens (including phenoxy) is 1. The molecule has 0 radical (unpaired) electrons. The highest BCUT2D eigenvalue weighted by atomic mass is 32.2. The van der Waals surface area contributed by atoms with Crippen molar-refractivity contribution in [1.82, 2.24) is 4.72 Å². The van der Waals surface area contributed by atoms with Crippen LogP contribution in [0, 0.1) is 5.92 Å². The van der Waals surface area contributed by atoms with Crippen LogP contribution in [0.3, 0.4) is 0 Å². The molecule has 0 aliphatic heterocycles. The van der Waals surface area contributed by atoms with Gasteiger partial charge in [0.05, 0.1) is 28.8 Å². The van der Waals surface area contributed by atoms with Crippen molar-refractivity contribution in [2.75, 3.05) is 7.11 Å². The Morgan fingerprint density at radius 3 is 1.89 bits per heavy atom. The minimum Gasteiger partial charge on any atom is -0.469 e. The number of alkyl halides is 3. The van der Waals surface area contributed by atoms with Gasteiger partial charge in [0.2, 0.25) is 0 Å². The Morgan fingerprint density at radius 1 is 1.00 bits per heavy atom. The number of hydrogen-bond donors (Lipinski definition) is 1. The fraction of sp³-hybridized carbons (Fsp3) is 0.947. The third-order valence-electron chi connectivity index (χ3n) is 4.42. The summed E-state index contributed by atoms with van der Waals surface area (Å²) in [7, 11) is -0.864. The molecule has 0 saturated heterocycles. The third-order valence-corrected chi connectivity index (χ3v) is 6.00. The number of halogens is 3. The summed E-state index contributed by atoms with van der Waals surface area (Å²) >= 11 is 0. The summed E-state index contributed by atoms with van der Waals surface area (Å²) in [6.45, 7) is 6.88. The van der Waals surface area contributed by atoms with E-state index in [1.165, 1.54) is 19.3 Å². The molecule has 4 nitrogen and oxygen atoms in total. The predicted octanol–water partition coefficient (Wildman–Crippen LogP) is 5.29. The van der Waals surface area contributed by atoms with Gasteiger partial charge in [-0.05, 0) is 27.2 Å². The second kappa shape index (κ2) is 12.8. The molecule has 27 heavy (non-hydrogen) atoms. The van der Waals surface area contributed by atoms with Crippen molar-refractivity contribution in [1.29, 1.82) is 0 Å². The molecule has 3 atom stereocenters. The predicted molar refractivity (Wildman–Crippen MR) is 104 cm³/mol. The van der Waals surface area contributed by atoms with E-state index < -0.39 is 39.8 Å². The maximum Gasteiger partial charge on any atom is 0.405 e. The lowest BCUT2D eigenvalue weighted by atomic mass is 9.93. The average Bonchev–Trinajstić information content (AvgIpc) is 2.56. The van der Waals surface area contributed by atoms with Crippen LogP contribution in [-0.2, 0) is 20.5 Å². The molecule has 0 unspecified atom stereocenters. The molecule has 1 N–H and O–H groups in total. The van der Waals surface area contributed by atoms with Gasteiger partial charge in [0.15, 0.2) is 0 Å². The number of unbranched alkanes of at least 4 members (excludes halogenated alkanes) is 7. The molecule has 162 valence electrons. The highest BCUT2D eigenvalue weighted by Crippen LogP contribution is 2.31. The molecule has 0 fully saturated rings. The van der Waals surface area contributed by atoms with Crippen LogP contribution in [0.25, 0.3) is 0 Å². The first-order valence-electron chi connectivity index (χ1n) is 9.77. The Bertz CT molecular complexity index is 450. The van der Waals surface area contributed by atoms with Gasteiger partial charge < -0.3 is 4.74 Å². The van der Waals surface area contributed by atoms with Gasteiger partial charge in [-0.15, -0.1) is 0 Å². The smallest absolute Gasteiger partial charge is 0.405 e. The van der Waals surface area contributed by atoms with Crippen molar-refractivity contribution in [3.05, 3.63) is 0 Å².